The highest BCUT2D eigenvalue weighted by molar-refractivity contribution is 6.31. The van der Waals surface area contributed by atoms with Crippen LogP contribution < -0.4 is 0 Å². The standard InChI is InChI=1S/C30H22/c1-19-9-3-5-11-22(19)27-18-28-25-14-8-7-13-24(25)26-16-15-21-10-4-6-12-23(21)30(26)29(28)17-20(27)2/h3-18H,1-2H3. The van der Waals surface area contributed by atoms with E-state index in [0.29, 0.717) is 0 Å². The molecule has 0 saturated carbocycles. The van der Waals surface area contributed by atoms with E-state index in [1.807, 2.05) is 0 Å². The lowest BCUT2D eigenvalue weighted by Crippen LogP contribution is -1.90. The molecule has 0 bridgehead atoms. The second-order valence-electron chi connectivity index (χ2n) is 8.28. The molecule has 0 aliphatic heterocycles. The van der Waals surface area contributed by atoms with Crippen molar-refractivity contribution in [2.24, 2.45) is 0 Å². The van der Waals surface area contributed by atoms with Crippen molar-refractivity contribution in [1.29, 1.82) is 0 Å². The van der Waals surface area contributed by atoms with Crippen LogP contribution >= 0.6 is 0 Å². The van der Waals surface area contributed by atoms with E-state index in [1.54, 1.807) is 0 Å². The molecule has 0 spiro atoms. The topological polar surface area (TPSA) is 0 Å². The van der Waals surface area contributed by atoms with Gasteiger partial charge >= 0.3 is 0 Å². The summed E-state index contributed by atoms with van der Waals surface area (Å²) in [4.78, 5) is 0. The van der Waals surface area contributed by atoms with Gasteiger partial charge in [-0.15, -0.1) is 0 Å². The molecule has 0 N–H and O–H groups in total. The lowest BCUT2D eigenvalue weighted by atomic mass is 9.87. The molecule has 0 aliphatic rings. The molecule has 6 aromatic rings. The van der Waals surface area contributed by atoms with Crippen LogP contribution in [-0.4, -0.2) is 0 Å². The van der Waals surface area contributed by atoms with Gasteiger partial charge in [0.05, 0.1) is 0 Å². The van der Waals surface area contributed by atoms with E-state index in [2.05, 4.69) is 111 Å². The maximum absolute atomic E-state index is 2.41. The molecule has 0 heterocycles. The third kappa shape index (κ3) is 2.40. The zero-order valence-corrected chi connectivity index (χ0v) is 17.2. The first-order chi connectivity index (χ1) is 14.7. The molecule has 142 valence electrons. The first-order valence-electron chi connectivity index (χ1n) is 10.5. The van der Waals surface area contributed by atoms with Crippen molar-refractivity contribution in [3.63, 3.8) is 0 Å². The van der Waals surface area contributed by atoms with E-state index < -0.39 is 0 Å². The molecule has 0 nitrogen and oxygen atoms in total. The van der Waals surface area contributed by atoms with E-state index in [0.717, 1.165) is 0 Å². The van der Waals surface area contributed by atoms with E-state index in [1.165, 1.54) is 65.3 Å². The van der Waals surface area contributed by atoms with E-state index in [-0.39, 0.29) is 0 Å². The molecule has 0 aliphatic carbocycles. The predicted octanol–water partition coefficient (Wildman–Crippen LogP) is 8.58. The monoisotopic (exact) mass is 382 g/mol. The fraction of sp³-hybridized carbons (Fsp3) is 0.0667. The average molecular weight is 383 g/mol. The summed E-state index contributed by atoms with van der Waals surface area (Å²) < 4.78 is 0. The Bertz CT molecular complexity index is 1600. The van der Waals surface area contributed by atoms with Gasteiger partial charge in [-0.05, 0) is 85.3 Å². The smallest absolute Gasteiger partial charge is 0.00203 e. The minimum absolute atomic E-state index is 1.29. The van der Waals surface area contributed by atoms with Gasteiger partial charge in [0.2, 0.25) is 0 Å². The molecule has 0 unspecified atom stereocenters. The van der Waals surface area contributed by atoms with Crippen molar-refractivity contribution < 1.29 is 0 Å². The Morgan fingerprint density at radius 3 is 1.87 bits per heavy atom. The predicted molar refractivity (Wildman–Crippen MR) is 131 cm³/mol. The Balaban J connectivity index is 1.88. The third-order valence-corrected chi connectivity index (χ3v) is 6.51. The fourth-order valence-electron chi connectivity index (χ4n) is 5.04. The summed E-state index contributed by atoms with van der Waals surface area (Å²) in [5.41, 5.74) is 5.28. The number of fused-ring (bicyclic) bond motifs is 8. The summed E-state index contributed by atoms with van der Waals surface area (Å²) in [6.45, 7) is 4.44. The second-order valence-corrected chi connectivity index (χ2v) is 8.28. The molecule has 0 amide bonds. The molecule has 0 fully saturated rings. The van der Waals surface area contributed by atoms with Crippen LogP contribution in [0, 0.1) is 13.8 Å². The molecule has 0 aromatic heterocycles. The quantitative estimate of drug-likeness (QED) is 0.250. The molecular formula is C30H22. The summed E-state index contributed by atoms with van der Waals surface area (Å²) >= 11 is 0. The van der Waals surface area contributed by atoms with Crippen molar-refractivity contribution in [1.82, 2.24) is 0 Å². The van der Waals surface area contributed by atoms with Crippen LogP contribution in [0.1, 0.15) is 11.1 Å². The third-order valence-electron chi connectivity index (χ3n) is 6.51. The molecule has 0 atom stereocenters. The van der Waals surface area contributed by atoms with E-state index >= 15 is 0 Å². The van der Waals surface area contributed by atoms with Crippen LogP contribution in [0.3, 0.4) is 0 Å². The zero-order chi connectivity index (χ0) is 20.2. The molecule has 30 heavy (non-hydrogen) atoms. The first-order valence-corrected chi connectivity index (χ1v) is 10.5. The van der Waals surface area contributed by atoms with Gasteiger partial charge in [0.25, 0.3) is 0 Å². The van der Waals surface area contributed by atoms with Gasteiger partial charge in [0, 0.05) is 0 Å². The molecule has 0 saturated heterocycles. The number of benzene rings is 6. The Morgan fingerprint density at radius 2 is 1.07 bits per heavy atom. The van der Waals surface area contributed by atoms with Crippen LogP contribution in [0.5, 0.6) is 0 Å². The van der Waals surface area contributed by atoms with Crippen molar-refractivity contribution >= 4 is 43.1 Å². The van der Waals surface area contributed by atoms with Gasteiger partial charge in [0.15, 0.2) is 0 Å². The molecular weight excluding hydrogens is 360 g/mol. The molecule has 6 rings (SSSR count). The van der Waals surface area contributed by atoms with E-state index in [4.69, 9.17) is 0 Å². The lowest BCUT2D eigenvalue weighted by molar-refractivity contribution is 1.42. The second kappa shape index (κ2) is 6.43. The fourth-order valence-corrected chi connectivity index (χ4v) is 5.04. The van der Waals surface area contributed by atoms with Gasteiger partial charge in [0.1, 0.15) is 0 Å². The maximum atomic E-state index is 2.41. The first kappa shape index (κ1) is 17.2. The number of hydrogen-bond donors (Lipinski definition) is 0. The number of hydrogen-bond acceptors (Lipinski definition) is 0. The van der Waals surface area contributed by atoms with Crippen LogP contribution in [0.25, 0.3) is 54.2 Å². The number of rotatable bonds is 1. The summed E-state index contributed by atoms with van der Waals surface area (Å²) in [7, 11) is 0. The highest BCUT2D eigenvalue weighted by Crippen LogP contribution is 2.41. The minimum Gasteiger partial charge on any atom is -0.0620 e. The Kier molecular flexibility index (Phi) is 3.70. The summed E-state index contributed by atoms with van der Waals surface area (Å²) in [6.07, 6.45) is 0. The average Bonchev–Trinajstić information content (AvgIpc) is 2.79. The molecule has 0 heteroatoms. The number of aryl methyl sites for hydroxylation is 2. The summed E-state index contributed by atoms with van der Waals surface area (Å²) in [5, 5.41) is 10.6. The van der Waals surface area contributed by atoms with Crippen LogP contribution in [-0.2, 0) is 0 Å². The Labute approximate surface area is 176 Å². The van der Waals surface area contributed by atoms with Gasteiger partial charge in [-0.25, -0.2) is 0 Å². The SMILES string of the molecule is Cc1ccccc1-c1cc2c3ccccc3c3ccc4ccccc4c3c2cc1C. The van der Waals surface area contributed by atoms with Crippen molar-refractivity contribution in [2.45, 2.75) is 13.8 Å². The highest BCUT2D eigenvalue weighted by atomic mass is 14.2. The lowest BCUT2D eigenvalue weighted by Gasteiger charge is -2.16. The summed E-state index contributed by atoms with van der Waals surface area (Å²) in [5.74, 6) is 0. The van der Waals surface area contributed by atoms with Crippen molar-refractivity contribution in [3.8, 4) is 11.1 Å². The Hall–Kier alpha value is -3.64. The largest absolute Gasteiger partial charge is 0.0620 e. The van der Waals surface area contributed by atoms with Crippen LogP contribution in [0.15, 0.2) is 97.1 Å². The molecule has 6 aromatic carbocycles. The van der Waals surface area contributed by atoms with Crippen molar-refractivity contribution in [2.75, 3.05) is 0 Å². The van der Waals surface area contributed by atoms with Crippen LogP contribution in [0.2, 0.25) is 0 Å². The van der Waals surface area contributed by atoms with E-state index in [9.17, 15) is 0 Å². The van der Waals surface area contributed by atoms with Gasteiger partial charge < -0.3 is 0 Å². The van der Waals surface area contributed by atoms with Gasteiger partial charge in [-0.2, -0.15) is 0 Å². The highest BCUT2D eigenvalue weighted by Gasteiger charge is 2.14. The normalized spacial score (nSPS) is 11.7. The maximum Gasteiger partial charge on any atom is -0.00203 e. The summed E-state index contributed by atoms with van der Waals surface area (Å²) in [6, 6.07) is 35.6. The minimum atomic E-state index is 1.29. The zero-order valence-electron chi connectivity index (χ0n) is 17.2. The molecule has 0 radical (unpaired) electrons. The van der Waals surface area contributed by atoms with Crippen molar-refractivity contribution in [3.05, 3.63) is 108 Å². The van der Waals surface area contributed by atoms with Gasteiger partial charge in [-0.1, -0.05) is 91.0 Å². The van der Waals surface area contributed by atoms with Gasteiger partial charge in [-0.3, -0.25) is 0 Å². The van der Waals surface area contributed by atoms with Crippen LogP contribution in [0.4, 0.5) is 0 Å². The Morgan fingerprint density at radius 1 is 0.400 bits per heavy atom.